The molecule has 2 aromatic heterocycles. The minimum Gasteiger partial charge on any atom is -0.454 e. The van der Waals surface area contributed by atoms with E-state index in [2.05, 4.69) is 55.4 Å². The fourth-order valence-electron chi connectivity index (χ4n) is 5.52. The van der Waals surface area contributed by atoms with Crippen molar-refractivity contribution in [2.75, 3.05) is 46.7 Å². The molecule has 0 radical (unpaired) electrons. The van der Waals surface area contributed by atoms with E-state index in [-0.39, 0.29) is 12.4 Å². The molecule has 0 saturated carbocycles. The lowest BCUT2D eigenvalue weighted by Gasteiger charge is -2.38. The minimum atomic E-state index is -0.391. The highest BCUT2D eigenvalue weighted by atomic mass is 16.7. The molecule has 1 fully saturated rings. The number of piperazine rings is 1. The molecular weight excluding hydrogens is 498 g/mol. The first-order chi connectivity index (χ1) is 19.0. The van der Waals surface area contributed by atoms with Crippen LogP contribution in [0, 0.1) is 13.8 Å². The molecular formula is C28H33N7O4. The van der Waals surface area contributed by atoms with Crippen LogP contribution in [0.1, 0.15) is 34.1 Å². The number of H-pyrrole nitrogens is 1. The van der Waals surface area contributed by atoms with Gasteiger partial charge in [-0.3, -0.25) is 14.6 Å². The second-order valence-corrected chi connectivity index (χ2v) is 10.2. The lowest BCUT2D eigenvalue weighted by atomic mass is 9.99. The topological polar surface area (TPSA) is 111 Å². The zero-order chi connectivity index (χ0) is 26.9. The van der Waals surface area contributed by atoms with Gasteiger partial charge in [-0.1, -0.05) is 18.2 Å². The molecule has 0 bridgehead atoms. The average Bonchev–Trinajstić information content (AvgIpc) is 3.61. The molecule has 1 saturated heterocycles. The number of aromatic nitrogens is 5. The number of tetrazole rings is 1. The Morgan fingerprint density at radius 3 is 2.64 bits per heavy atom. The second-order valence-electron chi connectivity index (χ2n) is 10.2. The quantitative estimate of drug-likeness (QED) is 0.366. The van der Waals surface area contributed by atoms with Crippen LogP contribution in [0.15, 0.2) is 41.2 Å². The van der Waals surface area contributed by atoms with Crippen molar-refractivity contribution >= 4 is 10.9 Å². The Balaban J connectivity index is 1.30. The lowest BCUT2D eigenvalue weighted by Crippen LogP contribution is -2.48. The molecule has 2 aliphatic heterocycles. The number of aromatic amines is 1. The predicted octanol–water partition coefficient (Wildman–Crippen LogP) is 2.41. The van der Waals surface area contributed by atoms with E-state index in [0.717, 1.165) is 66.3 Å². The third kappa shape index (κ3) is 5.00. The molecule has 2 aromatic carbocycles. The van der Waals surface area contributed by atoms with Gasteiger partial charge in [0.15, 0.2) is 17.3 Å². The summed E-state index contributed by atoms with van der Waals surface area (Å²) in [6.07, 6.45) is 0. The molecule has 0 unspecified atom stereocenters. The monoisotopic (exact) mass is 531 g/mol. The van der Waals surface area contributed by atoms with Gasteiger partial charge in [0.05, 0.1) is 18.7 Å². The summed E-state index contributed by atoms with van der Waals surface area (Å²) >= 11 is 0. The molecule has 4 heterocycles. The molecule has 204 valence electrons. The van der Waals surface area contributed by atoms with Gasteiger partial charge in [0.1, 0.15) is 6.04 Å². The van der Waals surface area contributed by atoms with Crippen LogP contribution in [0.4, 0.5) is 0 Å². The first-order valence-electron chi connectivity index (χ1n) is 13.2. The fraction of sp³-hybridized carbons (Fsp3) is 0.429. The lowest BCUT2D eigenvalue weighted by molar-refractivity contribution is 0.0984. The maximum Gasteiger partial charge on any atom is 0.253 e. The highest BCUT2D eigenvalue weighted by Gasteiger charge is 2.33. The second kappa shape index (κ2) is 10.8. The number of pyridine rings is 1. The Kier molecular flexibility index (Phi) is 7.03. The SMILES string of the molecule is COCCn1nnnc1[C@H](c1cc2c(C)ccc(C)c2[nH]c1=O)N1CCN(Cc2ccc3c(c2)OCO3)CC1. The van der Waals surface area contributed by atoms with Crippen LogP contribution in [-0.4, -0.2) is 81.7 Å². The van der Waals surface area contributed by atoms with Crippen molar-refractivity contribution in [2.24, 2.45) is 0 Å². The molecule has 2 aliphatic rings. The van der Waals surface area contributed by atoms with E-state index in [1.54, 1.807) is 11.8 Å². The molecule has 1 N–H and O–H groups in total. The normalized spacial score (nSPS) is 16.7. The van der Waals surface area contributed by atoms with E-state index in [1.807, 2.05) is 25.1 Å². The molecule has 11 nitrogen and oxygen atoms in total. The Labute approximate surface area is 226 Å². The Hall–Kier alpha value is -3.80. The number of methoxy groups -OCH3 is 1. The number of aryl methyl sites for hydroxylation is 2. The number of hydrogen-bond acceptors (Lipinski definition) is 9. The summed E-state index contributed by atoms with van der Waals surface area (Å²) in [5, 5.41) is 13.6. The van der Waals surface area contributed by atoms with Crippen molar-refractivity contribution < 1.29 is 14.2 Å². The largest absolute Gasteiger partial charge is 0.454 e. The maximum absolute atomic E-state index is 13.6. The Morgan fingerprint density at radius 1 is 1.03 bits per heavy atom. The molecule has 0 amide bonds. The molecule has 0 spiro atoms. The molecule has 4 aromatic rings. The molecule has 39 heavy (non-hydrogen) atoms. The van der Waals surface area contributed by atoms with Gasteiger partial charge in [0.25, 0.3) is 5.56 Å². The fourth-order valence-corrected chi connectivity index (χ4v) is 5.52. The number of nitrogens with zero attached hydrogens (tertiary/aromatic N) is 6. The Morgan fingerprint density at radius 2 is 1.82 bits per heavy atom. The van der Waals surface area contributed by atoms with E-state index < -0.39 is 6.04 Å². The van der Waals surface area contributed by atoms with Gasteiger partial charge in [-0.15, -0.1) is 5.10 Å². The Bertz CT molecular complexity index is 1540. The summed E-state index contributed by atoms with van der Waals surface area (Å²) in [6.45, 7) is 9.35. The standard InChI is InChI=1S/C28H33N7O4/c1-18-4-5-19(2)25-21(18)15-22(28(36)29-25)26(27-30-31-32-35(27)12-13-37-3)34-10-8-33(9-11-34)16-20-6-7-23-24(14-20)39-17-38-23/h4-7,14-15,26H,8-13,16-17H2,1-3H3,(H,29,36)/t26-/m0/s1. The number of rotatable bonds is 8. The van der Waals surface area contributed by atoms with Gasteiger partial charge >= 0.3 is 0 Å². The van der Waals surface area contributed by atoms with Gasteiger partial charge in [-0.05, 0) is 59.2 Å². The van der Waals surface area contributed by atoms with Crippen molar-refractivity contribution in [2.45, 2.75) is 33.0 Å². The van der Waals surface area contributed by atoms with Crippen LogP contribution in [0.25, 0.3) is 10.9 Å². The molecule has 1 atom stereocenters. The highest BCUT2D eigenvalue weighted by Crippen LogP contribution is 2.33. The van der Waals surface area contributed by atoms with Crippen LogP contribution in [0.2, 0.25) is 0 Å². The third-order valence-corrected chi connectivity index (χ3v) is 7.69. The van der Waals surface area contributed by atoms with E-state index in [4.69, 9.17) is 14.2 Å². The first kappa shape index (κ1) is 25.5. The summed E-state index contributed by atoms with van der Waals surface area (Å²) < 4.78 is 18.0. The minimum absolute atomic E-state index is 0.120. The van der Waals surface area contributed by atoms with Crippen molar-refractivity contribution in [1.82, 2.24) is 35.0 Å². The number of benzene rings is 2. The van der Waals surface area contributed by atoms with Crippen molar-refractivity contribution in [3.63, 3.8) is 0 Å². The average molecular weight is 532 g/mol. The zero-order valence-corrected chi connectivity index (χ0v) is 22.5. The van der Waals surface area contributed by atoms with Crippen LogP contribution in [0.5, 0.6) is 11.5 Å². The smallest absolute Gasteiger partial charge is 0.253 e. The van der Waals surface area contributed by atoms with E-state index in [0.29, 0.717) is 24.5 Å². The summed E-state index contributed by atoms with van der Waals surface area (Å²) in [7, 11) is 1.65. The molecule has 11 heteroatoms. The van der Waals surface area contributed by atoms with Crippen LogP contribution < -0.4 is 15.0 Å². The summed E-state index contributed by atoms with van der Waals surface area (Å²) in [6, 6.07) is 11.9. The summed E-state index contributed by atoms with van der Waals surface area (Å²) in [5.74, 6) is 2.24. The number of nitrogens with one attached hydrogen (secondary N) is 1. The number of fused-ring (bicyclic) bond motifs is 2. The van der Waals surface area contributed by atoms with Crippen LogP contribution in [-0.2, 0) is 17.8 Å². The highest BCUT2D eigenvalue weighted by molar-refractivity contribution is 5.85. The van der Waals surface area contributed by atoms with Crippen molar-refractivity contribution in [1.29, 1.82) is 0 Å². The van der Waals surface area contributed by atoms with E-state index in [1.165, 1.54) is 5.56 Å². The third-order valence-electron chi connectivity index (χ3n) is 7.69. The summed E-state index contributed by atoms with van der Waals surface area (Å²) in [4.78, 5) is 21.5. The van der Waals surface area contributed by atoms with Gasteiger partial charge in [0.2, 0.25) is 6.79 Å². The zero-order valence-electron chi connectivity index (χ0n) is 22.5. The van der Waals surface area contributed by atoms with Gasteiger partial charge in [-0.25, -0.2) is 4.68 Å². The predicted molar refractivity (Wildman–Crippen MR) is 145 cm³/mol. The number of hydrogen-bond donors (Lipinski definition) is 1. The van der Waals surface area contributed by atoms with Crippen LogP contribution >= 0.6 is 0 Å². The summed E-state index contributed by atoms with van der Waals surface area (Å²) in [5.41, 5.74) is 4.73. The van der Waals surface area contributed by atoms with E-state index in [9.17, 15) is 4.79 Å². The van der Waals surface area contributed by atoms with Crippen molar-refractivity contribution in [3.05, 3.63) is 74.8 Å². The molecule has 6 rings (SSSR count). The van der Waals surface area contributed by atoms with Crippen molar-refractivity contribution in [3.8, 4) is 11.5 Å². The maximum atomic E-state index is 13.6. The molecule has 0 aliphatic carbocycles. The van der Waals surface area contributed by atoms with Gasteiger partial charge < -0.3 is 19.2 Å². The van der Waals surface area contributed by atoms with Gasteiger partial charge in [-0.2, -0.15) is 0 Å². The first-order valence-corrected chi connectivity index (χ1v) is 13.2. The van der Waals surface area contributed by atoms with Gasteiger partial charge in [0, 0.05) is 50.8 Å². The number of ether oxygens (including phenoxy) is 3. The van der Waals surface area contributed by atoms with Crippen LogP contribution in [0.3, 0.4) is 0 Å². The van der Waals surface area contributed by atoms with E-state index >= 15 is 0 Å².